The molecule has 6 nitrogen and oxygen atoms in total. The fourth-order valence-electron chi connectivity index (χ4n) is 1.67. The van der Waals surface area contributed by atoms with Crippen LogP contribution in [-0.2, 0) is 19.9 Å². The largest absolute Gasteiger partial charge is 0.284 e. The van der Waals surface area contributed by atoms with Gasteiger partial charge in [-0.3, -0.25) is 4.72 Å². The van der Waals surface area contributed by atoms with Crippen molar-refractivity contribution in [3.63, 3.8) is 0 Å². The zero-order chi connectivity index (χ0) is 15.0. The summed E-state index contributed by atoms with van der Waals surface area (Å²) in [6, 6.07) is 4.74. The number of hydrogen-bond donors (Lipinski definition) is 1. The van der Waals surface area contributed by atoms with Crippen LogP contribution in [-0.4, -0.2) is 33.8 Å². The predicted octanol–water partition coefficient (Wildman–Crippen LogP) is 1.85. The molecule has 0 aliphatic rings. The van der Waals surface area contributed by atoms with Gasteiger partial charge in [-0.2, -0.15) is 0 Å². The van der Waals surface area contributed by atoms with E-state index in [1.54, 1.807) is 25.1 Å². The molecule has 20 heavy (non-hydrogen) atoms. The molecule has 9 heteroatoms. The number of anilines is 1. The Kier molecular flexibility index (Phi) is 4.03. The van der Waals surface area contributed by atoms with E-state index in [0.717, 1.165) is 17.6 Å². The first kappa shape index (κ1) is 15.2. The molecule has 0 spiro atoms. The molecule has 0 unspecified atom stereocenters. The molecule has 0 amide bonds. The molecule has 0 saturated heterocycles. The number of hydrogen-bond acceptors (Lipinski definition) is 6. The topological polar surface area (TPSA) is 93.2 Å². The van der Waals surface area contributed by atoms with E-state index in [-0.39, 0.29) is 10.1 Å². The lowest BCUT2D eigenvalue weighted by Gasteiger charge is -2.02. The molecule has 0 aliphatic carbocycles. The van der Waals surface area contributed by atoms with Crippen LogP contribution in [0.2, 0.25) is 0 Å². The molecule has 0 fully saturated rings. The second-order valence-corrected chi connectivity index (χ2v) is 9.42. The lowest BCUT2D eigenvalue weighted by atomic mass is 10.3. The van der Waals surface area contributed by atoms with Crippen molar-refractivity contribution in [2.75, 3.05) is 16.7 Å². The molecule has 2 aromatic rings. The van der Waals surface area contributed by atoms with E-state index in [0.29, 0.717) is 22.3 Å². The van der Waals surface area contributed by atoms with Crippen molar-refractivity contribution in [2.45, 2.75) is 17.7 Å². The summed E-state index contributed by atoms with van der Waals surface area (Å²) >= 11 is 1.05. The predicted molar refractivity (Wildman–Crippen MR) is 80.4 cm³/mol. The van der Waals surface area contributed by atoms with E-state index in [4.69, 9.17) is 0 Å². The first-order valence-corrected chi connectivity index (χ1v) is 10.2. The van der Waals surface area contributed by atoms with E-state index >= 15 is 0 Å². The molecule has 0 bridgehead atoms. The quantitative estimate of drug-likeness (QED) is 0.900. The minimum Gasteiger partial charge on any atom is -0.284 e. The summed E-state index contributed by atoms with van der Waals surface area (Å²) in [5.74, 6) is 0.0568. The van der Waals surface area contributed by atoms with Crippen LogP contribution in [0.3, 0.4) is 0 Å². The second-order valence-electron chi connectivity index (χ2n) is 4.36. The van der Waals surface area contributed by atoms with Gasteiger partial charge in [-0.05, 0) is 24.6 Å². The molecule has 1 aromatic carbocycles. The van der Waals surface area contributed by atoms with E-state index in [9.17, 15) is 16.8 Å². The van der Waals surface area contributed by atoms with Crippen LogP contribution < -0.4 is 4.72 Å². The number of thiazole rings is 1. The number of aromatic nitrogens is 1. The minimum absolute atomic E-state index is 0.0568. The molecular weight excluding hydrogens is 320 g/mol. The monoisotopic (exact) mass is 334 g/mol. The Morgan fingerprint density at radius 3 is 2.55 bits per heavy atom. The van der Waals surface area contributed by atoms with Crippen LogP contribution in [0.25, 0.3) is 10.2 Å². The first-order valence-electron chi connectivity index (χ1n) is 5.82. The van der Waals surface area contributed by atoms with Gasteiger partial charge in [0.25, 0.3) is 0 Å². The third kappa shape index (κ3) is 3.47. The maximum atomic E-state index is 12.0. The summed E-state index contributed by atoms with van der Waals surface area (Å²) in [4.78, 5) is 4.09. The highest BCUT2D eigenvalue weighted by Gasteiger charge is 2.18. The molecule has 110 valence electrons. The van der Waals surface area contributed by atoms with Crippen molar-refractivity contribution >= 4 is 47.1 Å². The van der Waals surface area contributed by atoms with Gasteiger partial charge in [0.15, 0.2) is 0 Å². The summed E-state index contributed by atoms with van der Waals surface area (Å²) < 4.78 is 49.3. The van der Waals surface area contributed by atoms with Gasteiger partial charge in [0.1, 0.15) is 0 Å². The third-order valence-corrected chi connectivity index (χ3v) is 6.41. The molecule has 2 rings (SSSR count). The maximum Gasteiger partial charge on any atom is 0.229 e. The van der Waals surface area contributed by atoms with Crippen LogP contribution in [0.1, 0.15) is 13.3 Å². The zero-order valence-corrected chi connectivity index (χ0v) is 13.4. The average molecular weight is 334 g/mol. The summed E-state index contributed by atoms with van der Waals surface area (Å²) in [6.07, 6.45) is 1.58. The van der Waals surface area contributed by atoms with Gasteiger partial charge in [-0.25, -0.2) is 21.8 Å². The van der Waals surface area contributed by atoms with Crippen LogP contribution in [0, 0.1) is 0 Å². The zero-order valence-electron chi connectivity index (χ0n) is 11.0. The van der Waals surface area contributed by atoms with Gasteiger partial charge in [0.2, 0.25) is 24.2 Å². The second kappa shape index (κ2) is 5.30. The van der Waals surface area contributed by atoms with Gasteiger partial charge < -0.3 is 0 Å². The molecule has 1 N–H and O–H groups in total. The first-order chi connectivity index (χ1) is 9.21. The highest BCUT2D eigenvalue weighted by atomic mass is 32.2. The third-order valence-electron chi connectivity index (χ3n) is 2.41. The Bertz CT molecular complexity index is 838. The van der Waals surface area contributed by atoms with Crippen LogP contribution >= 0.6 is 11.3 Å². The van der Waals surface area contributed by atoms with Crippen molar-refractivity contribution in [1.29, 1.82) is 0 Å². The van der Waals surface area contributed by atoms with Crippen LogP contribution in [0.5, 0.6) is 0 Å². The molecule has 0 radical (unpaired) electrons. The highest BCUT2D eigenvalue weighted by Crippen LogP contribution is 2.29. The van der Waals surface area contributed by atoms with Crippen molar-refractivity contribution in [3.8, 4) is 0 Å². The van der Waals surface area contributed by atoms with Gasteiger partial charge in [-0.15, -0.1) is 11.3 Å². The van der Waals surface area contributed by atoms with E-state index in [2.05, 4.69) is 9.71 Å². The summed E-state index contributed by atoms with van der Waals surface area (Å²) in [6.45, 7) is 1.79. The number of nitrogens with one attached hydrogen (secondary N) is 1. The molecule has 0 atom stereocenters. The lowest BCUT2D eigenvalue weighted by Crippen LogP contribution is -2.09. The number of rotatable bonds is 5. The van der Waals surface area contributed by atoms with Crippen molar-refractivity contribution in [1.82, 2.24) is 4.98 Å². The average Bonchev–Trinajstić information content (AvgIpc) is 2.70. The normalized spacial score (nSPS) is 12.7. The van der Waals surface area contributed by atoms with Gasteiger partial charge in [-0.1, -0.05) is 6.92 Å². The standard InChI is InChI=1S/C11H14N2O4S3/c1-3-6-20(16,17)11-12-9-5-4-8(7-10(9)18-11)13-19(2,14)15/h4-5,7,13H,3,6H2,1-2H3. The van der Waals surface area contributed by atoms with Crippen LogP contribution in [0.4, 0.5) is 5.69 Å². The fraction of sp³-hybridized carbons (Fsp3) is 0.364. The maximum absolute atomic E-state index is 12.0. The molecular formula is C11H14N2O4S3. The van der Waals surface area contributed by atoms with Gasteiger partial charge in [0, 0.05) is 0 Å². The fourth-order valence-corrected chi connectivity index (χ4v) is 4.94. The van der Waals surface area contributed by atoms with E-state index < -0.39 is 19.9 Å². The highest BCUT2D eigenvalue weighted by molar-refractivity contribution is 7.93. The summed E-state index contributed by atoms with van der Waals surface area (Å²) in [5, 5.41) is 0. The Hall–Kier alpha value is -1.19. The smallest absolute Gasteiger partial charge is 0.229 e. The van der Waals surface area contributed by atoms with Crippen molar-refractivity contribution < 1.29 is 16.8 Å². The van der Waals surface area contributed by atoms with E-state index in [1.165, 1.54) is 0 Å². The number of sulfonamides is 1. The van der Waals surface area contributed by atoms with Gasteiger partial charge in [0.05, 0.1) is 27.9 Å². The Balaban J connectivity index is 2.45. The number of nitrogens with zero attached hydrogens (tertiary/aromatic N) is 1. The molecule has 1 heterocycles. The molecule has 1 aromatic heterocycles. The Morgan fingerprint density at radius 2 is 1.95 bits per heavy atom. The Morgan fingerprint density at radius 1 is 1.25 bits per heavy atom. The van der Waals surface area contributed by atoms with Crippen molar-refractivity contribution in [3.05, 3.63) is 18.2 Å². The molecule has 0 saturated carbocycles. The number of fused-ring (bicyclic) bond motifs is 1. The molecule has 0 aliphatic heterocycles. The van der Waals surface area contributed by atoms with Gasteiger partial charge >= 0.3 is 0 Å². The lowest BCUT2D eigenvalue weighted by molar-refractivity contribution is 0.594. The Labute approximate surface area is 121 Å². The summed E-state index contributed by atoms with van der Waals surface area (Å²) in [7, 11) is -6.71. The minimum atomic E-state index is -3.36. The number of sulfone groups is 1. The van der Waals surface area contributed by atoms with Crippen LogP contribution in [0.15, 0.2) is 22.5 Å². The number of benzene rings is 1. The van der Waals surface area contributed by atoms with E-state index in [1.807, 2.05) is 0 Å². The van der Waals surface area contributed by atoms with Crippen molar-refractivity contribution in [2.24, 2.45) is 0 Å². The summed E-state index contributed by atoms with van der Waals surface area (Å²) in [5.41, 5.74) is 0.937. The SMILES string of the molecule is CCCS(=O)(=O)c1nc2ccc(NS(C)(=O)=O)cc2s1.